The normalized spacial score (nSPS) is 24.4. The van der Waals surface area contributed by atoms with Gasteiger partial charge in [0.2, 0.25) is 0 Å². The van der Waals surface area contributed by atoms with Crippen LogP contribution in [0.1, 0.15) is 77.5 Å². The molecule has 0 aliphatic heterocycles. The summed E-state index contributed by atoms with van der Waals surface area (Å²) >= 11 is 0. The molecule has 3 nitrogen and oxygen atoms in total. The molecule has 0 spiro atoms. The highest BCUT2D eigenvalue weighted by Gasteiger charge is 2.26. The van der Waals surface area contributed by atoms with E-state index in [1.165, 1.54) is 44.9 Å². The van der Waals surface area contributed by atoms with Gasteiger partial charge in [-0.25, -0.2) is 0 Å². The average molecular weight is 292 g/mol. The van der Waals surface area contributed by atoms with E-state index in [1.807, 2.05) is 10.9 Å². The molecule has 1 aromatic heterocycles. The Hall–Kier alpha value is -0.830. The molecule has 2 rings (SSSR count). The molecule has 0 radical (unpaired) electrons. The lowest BCUT2D eigenvalue weighted by molar-refractivity contribution is 0.0717. The van der Waals surface area contributed by atoms with Gasteiger partial charge in [0.15, 0.2) is 0 Å². The van der Waals surface area contributed by atoms with E-state index in [4.69, 9.17) is 0 Å². The second-order valence-electron chi connectivity index (χ2n) is 7.08. The lowest BCUT2D eigenvalue weighted by atomic mass is 9.77. The third-order valence-electron chi connectivity index (χ3n) is 5.01. The highest BCUT2D eigenvalue weighted by Crippen LogP contribution is 2.34. The van der Waals surface area contributed by atoms with E-state index in [-0.39, 0.29) is 6.10 Å². The Balaban J connectivity index is 1.77. The second-order valence-corrected chi connectivity index (χ2v) is 7.08. The number of hydrogen-bond donors (Lipinski definition) is 1. The fourth-order valence-electron chi connectivity index (χ4n) is 3.51. The third-order valence-corrected chi connectivity index (χ3v) is 5.01. The molecule has 1 aromatic rings. The van der Waals surface area contributed by atoms with Crippen molar-refractivity contribution in [3.05, 3.63) is 18.0 Å². The van der Waals surface area contributed by atoms with Crippen LogP contribution >= 0.6 is 0 Å². The van der Waals surface area contributed by atoms with Gasteiger partial charge in [0.25, 0.3) is 0 Å². The largest absolute Gasteiger partial charge is 0.392 e. The lowest BCUT2D eigenvalue weighted by Gasteiger charge is -2.31. The van der Waals surface area contributed by atoms with Crippen LogP contribution in [-0.2, 0) is 6.42 Å². The van der Waals surface area contributed by atoms with Crippen LogP contribution in [-0.4, -0.2) is 21.0 Å². The summed E-state index contributed by atoms with van der Waals surface area (Å²) in [5, 5.41) is 15.0. The zero-order valence-electron chi connectivity index (χ0n) is 14.0. The van der Waals surface area contributed by atoms with Gasteiger partial charge in [0.1, 0.15) is 0 Å². The van der Waals surface area contributed by atoms with Gasteiger partial charge >= 0.3 is 0 Å². The van der Waals surface area contributed by atoms with E-state index in [1.54, 1.807) is 0 Å². The number of aromatic nitrogens is 2. The van der Waals surface area contributed by atoms with Crippen LogP contribution in [0.4, 0.5) is 0 Å². The van der Waals surface area contributed by atoms with Gasteiger partial charge in [-0.05, 0) is 44.6 Å². The smallest absolute Gasteiger partial charge is 0.0650 e. The quantitative estimate of drug-likeness (QED) is 0.810. The van der Waals surface area contributed by atoms with E-state index in [9.17, 15) is 5.11 Å². The highest BCUT2D eigenvalue weighted by molar-refractivity contribution is 5.02. The first-order valence-corrected chi connectivity index (χ1v) is 8.82. The lowest BCUT2D eigenvalue weighted by Crippen LogP contribution is -2.27. The van der Waals surface area contributed by atoms with Crippen LogP contribution in [0.2, 0.25) is 0 Å². The molecule has 0 amide bonds. The number of hydrogen-bond acceptors (Lipinski definition) is 2. The van der Waals surface area contributed by atoms with Crippen LogP contribution in [0.25, 0.3) is 0 Å². The highest BCUT2D eigenvalue weighted by atomic mass is 16.3. The Morgan fingerprint density at radius 3 is 2.57 bits per heavy atom. The molecular formula is C18H32N2O. The molecule has 120 valence electrons. The Morgan fingerprint density at radius 2 is 2.00 bits per heavy atom. The SMILES string of the molecule is CCCCC1CCC(C(O)Cc2ccn(C(C)C)n2)CC1. The second kappa shape index (κ2) is 7.98. The van der Waals surface area contributed by atoms with Crippen molar-refractivity contribution in [3.8, 4) is 0 Å². The minimum Gasteiger partial charge on any atom is -0.392 e. The minimum atomic E-state index is -0.215. The Kier molecular flexibility index (Phi) is 6.28. The van der Waals surface area contributed by atoms with Gasteiger partial charge in [-0.15, -0.1) is 0 Å². The molecule has 1 N–H and O–H groups in total. The van der Waals surface area contributed by atoms with Crippen molar-refractivity contribution < 1.29 is 5.11 Å². The zero-order chi connectivity index (χ0) is 15.2. The van der Waals surface area contributed by atoms with Gasteiger partial charge in [-0.1, -0.05) is 39.0 Å². The fourth-order valence-corrected chi connectivity index (χ4v) is 3.51. The predicted molar refractivity (Wildman–Crippen MR) is 87.3 cm³/mol. The summed E-state index contributed by atoms with van der Waals surface area (Å²) in [6.07, 6.45) is 11.6. The first-order valence-electron chi connectivity index (χ1n) is 8.82. The minimum absolute atomic E-state index is 0.215. The molecule has 3 heteroatoms. The van der Waals surface area contributed by atoms with Crippen molar-refractivity contribution in [2.75, 3.05) is 0 Å². The molecule has 0 aromatic carbocycles. The van der Waals surface area contributed by atoms with Gasteiger partial charge in [-0.3, -0.25) is 4.68 Å². The van der Waals surface area contributed by atoms with Crippen molar-refractivity contribution in [2.45, 2.75) is 84.3 Å². The molecule has 1 unspecified atom stereocenters. The first-order chi connectivity index (χ1) is 10.1. The maximum atomic E-state index is 10.5. The fraction of sp³-hybridized carbons (Fsp3) is 0.833. The summed E-state index contributed by atoms with van der Waals surface area (Å²) in [7, 11) is 0. The Bertz CT molecular complexity index is 405. The number of rotatable bonds is 7. The molecule has 1 aliphatic carbocycles. The Morgan fingerprint density at radius 1 is 1.29 bits per heavy atom. The molecular weight excluding hydrogens is 260 g/mol. The number of nitrogens with zero attached hydrogens (tertiary/aromatic N) is 2. The monoisotopic (exact) mass is 292 g/mol. The summed E-state index contributed by atoms with van der Waals surface area (Å²) in [6.45, 7) is 6.53. The van der Waals surface area contributed by atoms with Crippen LogP contribution in [0, 0.1) is 11.8 Å². The standard InChI is InChI=1S/C18H32N2O/c1-4-5-6-15-7-9-16(10-8-15)18(21)13-17-11-12-20(19-17)14(2)3/h11-12,14-16,18,21H,4-10,13H2,1-3H3. The third kappa shape index (κ3) is 4.84. The van der Waals surface area contributed by atoms with Gasteiger partial charge in [0.05, 0.1) is 11.8 Å². The van der Waals surface area contributed by atoms with E-state index >= 15 is 0 Å². The summed E-state index contributed by atoms with van der Waals surface area (Å²) in [6, 6.07) is 2.45. The summed E-state index contributed by atoms with van der Waals surface area (Å²) in [4.78, 5) is 0. The van der Waals surface area contributed by atoms with Crippen LogP contribution < -0.4 is 0 Å². The van der Waals surface area contributed by atoms with Crippen LogP contribution in [0.5, 0.6) is 0 Å². The van der Waals surface area contributed by atoms with Crippen molar-refractivity contribution in [1.29, 1.82) is 0 Å². The summed E-state index contributed by atoms with van der Waals surface area (Å²) < 4.78 is 1.98. The van der Waals surface area contributed by atoms with Gasteiger partial charge < -0.3 is 5.11 Å². The molecule has 0 bridgehead atoms. The predicted octanol–water partition coefficient (Wildman–Crippen LogP) is 4.36. The van der Waals surface area contributed by atoms with Crippen LogP contribution in [0.15, 0.2) is 12.3 Å². The number of aliphatic hydroxyl groups is 1. The van der Waals surface area contributed by atoms with Gasteiger partial charge in [0, 0.05) is 18.7 Å². The summed E-state index contributed by atoms with van der Waals surface area (Å²) in [5.41, 5.74) is 1.03. The number of unbranched alkanes of at least 4 members (excludes halogenated alkanes) is 1. The van der Waals surface area contributed by atoms with Gasteiger partial charge in [-0.2, -0.15) is 5.10 Å². The molecule has 1 aliphatic rings. The van der Waals surface area contributed by atoms with Crippen molar-refractivity contribution in [1.82, 2.24) is 9.78 Å². The summed E-state index contributed by atoms with van der Waals surface area (Å²) in [5.74, 6) is 1.39. The maximum Gasteiger partial charge on any atom is 0.0650 e. The molecule has 1 fully saturated rings. The molecule has 1 atom stereocenters. The molecule has 21 heavy (non-hydrogen) atoms. The van der Waals surface area contributed by atoms with Crippen molar-refractivity contribution in [2.24, 2.45) is 11.8 Å². The topological polar surface area (TPSA) is 38.0 Å². The van der Waals surface area contributed by atoms with E-state index in [0.29, 0.717) is 18.4 Å². The van der Waals surface area contributed by atoms with Crippen LogP contribution in [0.3, 0.4) is 0 Å². The molecule has 1 saturated carbocycles. The maximum absolute atomic E-state index is 10.5. The van der Waals surface area contributed by atoms with E-state index in [0.717, 1.165) is 11.6 Å². The number of aliphatic hydroxyl groups excluding tert-OH is 1. The van der Waals surface area contributed by atoms with Crippen molar-refractivity contribution in [3.63, 3.8) is 0 Å². The Labute approximate surface area is 129 Å². The zero-order valence-corrected chi connectivity index (χ0v) is 14.0. The molecule has 1 heterocycles. The first kappa shape index (κ1) is 16.5. The average Bonchev–Trinajstić information content (AvgIpc) is 2.94. The van der Waals surface area contributed by atoms with Crippen molar-refractivity contribution >= 4 is 0 Å². The molecule has 0 saturated heterocycles. The van der Waals surface area contributed by atoms with E-state index < -0.39 is 0 Å². The van der Waals surface area contributed by atoms with E-state index in [2.05, 4.69) is 31.9 Å².